The fourth-order valence-corrected chi connectivity index (χ4v) is 4.09. The lowest BCUT2D eigenvalue weighted by molar-refractivity contribution is 0.0677. The van der Waals surface area contributed by atoms with Gasteiger partial charge in [-0.1, -0.05) is 6.07 Å². The monoisotopic (exact) mass is 417 g/mol. The summed E-state index contributed by atoms with van der Waals surface area (Å²) in [5, 5.41) is 12.9. The molecule has 1 aromatic carbocycles. The van der Waals surface area contributed by atoms with Crippen LogP contribution in [-0.2, 0) is 6.54 Å². The molecule has 0 radical (unpaired) electrons. The number of aromatic nitrogens is 1. The van der Waals surface area contributed by atoms with Crippen LogP contribution in [0.5, 0.6) is 5.75 Å². The zero-order chi connectivity index (χ0) is 21.6. The van der Waals surface area contributed by atoms with Crippen molar-refractivity contribution in [1.29, 1.82) is 0 Å². The first-order valence-corrected chi connectivity index (χ1v) is 9.78. The number of nitrogens with zero attached hydrogens (tertiary/aromatic N) is 2. The van der Waals surface area contributed by atoms with Crippen molar-refractivity contribution in [3.05, 3.63) is 62.6 Å². The molecule has 7 nitrogen and oxygen atoms in total. The van der Waals surface area contributed by atoms with Crippen LogP contribution in [0.15, 0.2) is 23.1 Å². The number of aromatic hydroxyl groups is 1. The Labute approximate surface area is 170 Å². The Morgan fingerprint density at radius 1 is 1.27 bits per heavy atom. The molecule has 1 fully saturated rings. The standard InChI is InChI=1S/C21H21F2N3O4/c1-11-15(22)6-5-12(16(11)23)8-24-20(29)14-10-26-13-4-2-3-7-25(9-13)21(30)17(26)19(28)18(14)27/h5-6,10,13,28H,2-4,7-9H2,1H3,(H,24,29)/t13-/m1/s1. The van der Waals surface area contributed by atoms with E-state index in [9.17, 15) is 28.3 Å². The van der Waals surface area contributed by atoms with Crippen LogP contribution in [0.1, 0.15) is 57.3 Å². The number of amides is 2. The van der Waals surface area contributed by atoms with Gasteiger partial charge < -0.3 is 19.9 Å². The highest BCUT2D eigenvalue weighted by atomic mass is 19.1. The van der Waals surface area contributed by atoms with E-state index in [1.165, 1.54) is 23.8 Å². The molecule has 0 spiro atoms. The van der Waals surface area contributed by atoms with Crippen molar-refractivity contribution in [1.82, 2.24) is 14.8 Å². The van der Waals surface area contributed by atoms with Gasteiger partial charge in [-0.3, -0.25) is 14.4 Å². The van der Waals surface area contributed by atoms with Crippen molar-refractivity contribution in [3.63, 3.8) is 0 Å². The predicted octanol–water partition coefficient (Wildman–Crippen LogP) is 2.25. The molecule has 1 atom stereocenters. The lowest BCUT2D eigenvalue weighted by Gasteiger charge is -2.34. The smallest absolute Gasteiger partial charge is 0.274 e. The molecule has 2 N–H and O–H groups in total. The average molecular weight is 417 g/mol. The van der Waals surface area contributed by atoms with Gasteiger partial charge in [0.1, 0.15) is 17.2 Å². The second kappa shape index (κ2) is 7.55. The van der Waals surface area contributed by atoms with E-state index in [-0.39, 0.29) is 35.0 Å². The average Bonchev–Trinajstić information content (AvgIpc) is 2.95. The molecule has 2 aromatic rings. The number of hydrogen-bond donors (Lipinski definition) is 2. The number of benzene rings is 1. The first kappa shape index (κ1) is 20.1. The molecule has 2 bridgehead atoms. The minimum absolute atomic E-state index is 0.0686. The van der Waals surface area contributed by atoms with E-state index in [0.717, 1.165) is 25.3 Å². The van der Waals surface area contributed by atoms with Crippen LogP contribution in [-0.4, -0.2) is 39.5 Å². The topological polar surface area (TPSA) is 91.6 Å². The maximum atomic E-state index is 14.2. The van der Waals surface area contributed by atoms with E-state index in [0.29, 0.717) is 13.1 Å². The highest BCUT2D eigenvalue weighted by Crippen LogP contribution is 2.31. The van der Waals surface area contributed by atoms with Crippen LogP contribution in [0, 0.1) is 18.6 Å². The zero-order valence-corrected chi connectivity index (χ0v) is 16.4. The lowest BCUT2D eigenvalue weighted by Crippen LogP contribution is -2.44. The van der Waals surface area contributed by atoms with Gasteiger partial charge in [0.15, 0.2) is 11.4 Å². The number of carbonyl (C=O) groups excluding carboxylic acids is 2. The van der Waals surface area contributed by atoms with E-state index in [1.807, 2.05) is 0 Å². The minimum atomic E-state index is -0.956. The second-order valence-corrected chi connectivity index (χ2v) is 7.71. The fraction of sp³-hybridized carbons (Fsp3) is 0.381. The van der Waals surface area contributed by atoms with Crippen molar-refractivity contribution < 1.29 is 23.5 Å². The van der Waals surface area contributed by atoms with Crippen molar-refractivity contribution in [3.8, 4) is 5.75 Å². The van der Waals surface area contributed by atoms with Crippen molar-refractivity contribution in [2.75, 3.05) is 13.1 Å². The van der Waals surface area contributed by atoms with E-state index >= 15 is 0 Å². The minimum Gasteiger partial charge on any atom is -0.503 e. The second-order valence-electron chi connectivity index (χ2n) is 7.71. The third-order valence-corrected chi connectivity index (χ3v) is 5.82. The lowest BCUT2D eigenvalue weighted by atomic mass is 10.1. The molecule has 3 heterocycles. The Balaban J connectivity index is 1.66. The van der Waals surface area contributed by atoms with Gasteiger partial charge in [-0.15, -0.1) is 0 Å². The maximum absolute atomic E-state index is 14.2. The number of pyridine rings is 1. The number of rotatable bonds is 3. The van der Waals surface area contributed by atoms with Crippen LogP contribution in [0.25, 0.3) is 0 Å². The molecule has 0 aliphatic carbocycles. The largest absolute Gasteiger partial charge is 0.503 e. The highest BCUT2D eigenvalue weighted by molar-refractivity contribution is 5.99. The normalized spacial score (nSPS) is 18.0. The van der Waals surface area contributed by atoms with E-state index in [2.05, 4.69) is 5.32 Å². The molecular weight excluding hydrogens is 396 g/mol. The molecule has 2 aliphatic rings. The first-order chi connectivity index (χ1) is 14.3. The Kier molecular flexibility index (Phi) is 5.05. The van der Waals surface area contributed by atoms with Crippen molar-refractivity contribution >= 4 is 11.8 Å². The van der Waals surface area contributed by atoms with Gasteiger partial charge in [-0.05, 0) is 32.3 Å². The van der Waals surface area contributed by atoms with Crippen LogP contribution >= 0.6 is 0 Å². The third kappa shape index (κ3) is 3.24. The third-order valence-electron chi connectivity index (χ3n) is 5.82. The molecule has 1 aromatic heterocycles. The summed E-state index contributed by atoms with van der Waals surface area (Å²) in [5.74, 6) is -3.46. The number of carbonyl (C=O) groups is 2. The molecular formula is C21H21F2N3O4. The summed E-state index contributed by atoms with van der Waals surface area (Å²) in [4.78, 5) is 39.5. The first-order valence-electron chi connectivity index (χ1n) is 9.78. The predicted molar refractivity (Wildman–Crippen MR) is 103 cm³/mol. The van der Waals surface area contributed by atoms with Crippen LogP contribution < -0.4 is 10.7 Å². The number of hydrogen-bond acceptors (Lipinski definition) is 4. The Hall–Kier alpha value is -3.23. The SMILES string of the molecule is Cc1c(F)ccc(CNC(=O)c2cn3c(c(O)c2=O)C(=O)N2CCCC[C@@H]3C2)c1F. The molecule has 9 heteroatoms. The summed E-state index contributed by atoms with van der Waals surface area (Å²) in [6.45, 7) is 2.05. The zero-order valence-electron chi connectivity index (χ0n) is 16.4. The van der Waals surface area contributed by atoms with Crippen LogP contribution in [0.4, 0.5) is 8.78 Å². The number of nitrogens with one attached hydrogen (secondary N) is 1. The quantitative estimate of drug-likeness (QED) is 0.802. The summed E-state index contributed by atoms with van der Waals surface area (Å²) in [7, 11) is 0. The molecule has 2 amide bonds. The molecule has 158 valence electrons. The molecule has 2 aliphatic heterocycles. The summed E-state index contributed by atoms with van der Waals surface area (Å²) in [6.07, 6.45) is 3.76. The molecule has 0 unspecified atom stereocenters. The molecule has 1 saturated heterocycles. The van der Waals surface area contributed by atoms with E-state index in [4.69, 9.17) is 0 Å². The Morgan fingerprint density at radius 3 is 2.80 bits per heavy atom. The van der Waals surface area contributed by atoms with Gasteiger partial charge in [0.25, 0.3) is 11.8 Å². The molecule has 4 rings (SSSR count). The van der Waals surface area contributed by atoms with Crippen LogP contribution in [0.3, 0.4) is 0 Å². The fourth-order valence-electron chi connectivity index (χ4n) is 4.09. The molecule has 0 saturated carbocycles. The van der Waals surface area contributed by atoms with Gasteiger partial charge >= 0.3 is 0 Å². The molecule has 30 heavy (non-hydrogen) atoms. The van der Waals surface area contributed by atoms with E-state index < -0.39 is 34.6 Å². The van der Waals surface area contributed by atoms with Crippen LogP contribution in [0.2, 0.25) is 0 Å². The van der Waals surface area contributed by atoms with Gasteiger partial charge in [-0.2, -0.15) is 0 Å². The maximum Gasteiger partial charge on any atom is 0.274 e. The summed E-state index contributed by atoms with van der Waals surface area (Å²) in [5.41, 5.74) is -1.48. The summed E-state index contributed by atoms with van der Waals surface area (Å²) in [6, 6.07) is 2.17. The van der Waals surface area contributed by atoms with Gasteiger partial charge in [0.2, 0.25) is 5.43 Å². The van der Waals surface area contributed by atoms with Gasteiger partial charge in [0.05, 0.1) is 6.04 Å². The van der Waals surface area contributed by atoms with Gasteiger partial charge in [-0.25, -0.2) is 8.78 Å². The van der Waals surface area contributed by atoms with Crippen molar-refractivity contribution in [2.24, 2.45) is 0 Å². The van der Waals surface area contributed by atoms with Crippen molar-refractivity contribution in [2.45, 2.75) is 38.8 Å². The summed E-state index contributed by atoms with van der Waals surface area (Å²) >= 11 is 0. The summed E-state index contributed by atoms with van der Waals surface area (Å²) < 4.78 is 29.1. The van der Waals surface area contributed by atoms with E-state index in [1.54, 1.807) is 4.90 Å². The highest BCUT2D eigenvalue weighted by Gasteiger charge is 2.36. The number of fused-ring (bicyclic) bond motifs is 4. The number of halogens is 2. The Morgan fingerprint density at radius 2 is 2.03 bits per heavy atom. The van der Waals surface area contributed by atoms with Gasteiger partial charge in [0, 0.05) is 37.0 Å². The Bertz CT molecular complexity index is 1110.